The van der Waals surface area contributed by atoms with Gasteiger partial charge in [0.1, 0.15) is 0 Å². The number of hydrogen-bond acceptors (Lipinski definition) is 5. The summed E-state index contributed by atoms with van der Waals surface area (Å²) in [5.74, 6) is 1.49. The predicted molar refractivity (Wildman–Crippen MR) is 97.7 cm³/mol. The first-order valence-electron chi connectivity index (χ1n) is 8.98. The minimum absolute atomic E-state index is 0.0369. The average molecular weight is 336 g/mol. The van der Waals surface area contributed by atoms with Crippen molar-refractivity contribution in [2.45, 2.75) is 52.2 Å². The summed E-state index contributed by atoms with van der Waals surface area (Å²) < 4.78 is 11.2. The largest absolute Gasteiger partial charge is 0.493 e. The van der Waals surface area contributed by atoms with Crippen molar-refractivity contribution in [2.24, 2.45) is 5.92 Å². The molecule has 0 aliphatic carbocycles. The van der Waals surface area contributed by atoms with E-state index in [1.807, 2.05) is 26.0 Å². The molecule has 1 aromatic rings. The molecule has 5 nitrogen and oxygen atoms in total. The van der Waals surface area contributed by atoms with Gasteiger partial charge >= 0.3 is 0 Å². The quantitative estimate of drug-likeness (QED) is 0.749. The number of piperidine rings is 1. The van der Waals surface area contributed by atoms with Gasteiger partial charge in [-0.2, -0.15) is 0 Å². The molecule has 24 heavy (non-hydrogen) atoms. The van der Waals surface area contributed by atoms with Gasteiger partial charge in [-0.05, 0) is 57.4 Å². The van der Waals surface area contributed by atoms with E-state index in [0.29, 0.717) is 17.2 Å². The van der Waals surface area contributed by atoms with E-state index in [1.54, 1.807) is 7.11 Å². The Hall–Kier alpha value is -1.46. The van der Waals surface area contributed by atoms with Gasteiger partial charge in [0, 0.05) is 19.0 Å². The van der Waals surface area contributed by atoms with Crippen LogP contribution in [0.3, 0.4) is 0 Å². The summed E-state index contributed by atoms with van der Waals surface area (Å²) >= 11 is 0. The molecule has 1 saturated heterocycles. The Balaban J connectivity index is 2.15. The van der Waals surface area contributed by atoms with Crippen LogP contribution < -0.4 is 15.2 Å². The molecule has 3 N–H and O–H groups in total. The third-order valence-electron chi connectivity index (χ3n) is 4.53. The first kappa shape index (κ1) is 18.9. The van der Waals surface area contributed by atoms with Gasteiger partial charge < -0.3 is 25.2 Å². The molecule has 1 aliphatic heterocycles. The standard InChI is InChI=1S/C19H32N2O3/c1-5-7-21-8-6-17(22)15(12-21)9-14-10-16(20)19(24-13(2)3)18(11-14)23-4/h10-11,13,15,17,22H,5-9,12,20H2,1-4H3. The second kappa shape index (κ2) is 8.58. The van der Waals surface area contributed by atoms with Gasteiger partial charge in [0.25, 0.3) is 0 Å². The Bertz CT molecular complexity index is 534. The van der Waals surface area contributed by atoms with Gasteiger partial charge in [-0.25, -0.2) is 0 Å². The van der Waals surface area contributed by atoms with Gasteiger partial charge in [-0.3, -0.25) is 0 Å². The molecule has 2 atom stereocenters. The molecular formula is C19H32N2O3. The van der Waals surface area contributed by atoms with E-state index in [4.69, 9.17) is 15.2 Å². The normalized spacial score (nSPS) is 21.9. The molecule has 0 saturated carbocycles. The van der Waals surface area contributed by atoms with Crippen molar-refractivity contribution in [3.05, 3.63) is 17.7 Å². The lowest BCUT2D eigenvalue weighted by Crippen LogP contribution is -2.44. The molecule has 2 rings (SSSR count). The van der Waals surface area contributed by atoms with Crippen LogP contribution in [0.2, 0.25) is 0 Å². The molecule has 2 unspecified atom stereocenters. The van der Waals surface area contributed by atoms with E-state index >= 15 is 0 Å². The van der Waals surface area contributed by atoms with Crippen LogP contribution in [-0.2, 0) is 6.42 Å². The second-order valence-electron chi connectivity index (χ2n) is 7.00. The highest BCUT2D eigenvalue weighted by Crippen LogP contribution is 2.37. The summed E-state index contributed by atoms with van der Waals surface area (Å²) in [6.07, 6.45) is 2.56. The van der Waals surface area contributed by atoms with Crippen molar-refractivity contribution in [2.75, 3.05) is 32.5 Å². The Labute approximate surface area is 145 Å². The van der Waals surface area contributed by atoms with Crippen LogP contribution in [0, 0.1) is 5.92 Å². The van der Waals surface area contributed by atoms with Gasteiger partial charge in [0.2, 0.25) is 0 Å². The number of aliphatic hydroxyl groups excluding tert-OH is 1. The fraction of sp³-hybridized carbons (Fsp3) is 0.684. The zero-order valence-corrected chi connectivity index (χ0v) is 15.4. The Kier molecular flexibility index (Phi) is 6.75. The first-order valence-corrected chi connectivity index (χ1v) is 8.98. The topological polar surface area (TPSA) is 68.0 Å². The average Bonchev–Trinajstić information content (AvgIpc) is 2.53. The van der Waals surface area contributed by atoms with E-state index in [0.717, 1.165) is 44.5 Å². The van der Waals surface area contributed by atoms with Crippen LogP contribution in [0.15, 0.2) is 12.1 Å². The number of benzene rings is 1. The Morgan fingerprint density at radius 1 is 1.38 bits per heavy atom. The molecule has 0 amide bonds. The number of aliphatic hydroxyl groups is 1. The minimum Gasteiger partial charge on any atom is -0.493 e. The van der Waals surface area contributed by atoms with E-state index in [2.05, 4.69) is 11.8 Å². The van der Waals surface area contributed by atoms with E-state index in [9.17, 15) is 5.11 Å². The zero-order valence-electron chi connectivity index (χ0n) is 15.4. The highest BCUT2D eigenvalue weighted by atomic mass is 16.5. The molecule has 0 aromatic heterocycles. The molecule has 1 aliphatic rings. The van der Waals surface area contributed by atoms with Crippen molar-refractivity contribution in [3.8, 4) is 11.5 Å². The summed E-state index contributed by atoms with van der Waals surface area (Å²) in [5, 5.41) is 10.4. The van der Waals surface area contributed by atoms with E-state index < -0.39 is 0 Å². The van der Waals surface area contributed by atoms with Crippen LogP contribution >= 0.6 is 0 Å². The van der Waals surface area contributed by atoms with Crippen LogP contribution in [0.25, 0.3) is 0 Å². The Morgan fingerprint density at radius 2 is 2.12 bits per heavy atom. The lowest BCUT2D eigenvalue weighted by Gasteiger charge is -2.36. The van der Waals surface area contributed by atoms with Crippen LogP contribution in [-0.4, -0.2) is 49.0 Å². The van der Waals surface area contributed by atoms with Gasteiger partial charge in [0.05, 0.1) is 25.0 Å². The molecule has 5 heteroatoms. The van der Waals surface area contributed by atoms with E-state index in [1.165, 1.54) is 0 Å². The highest BCUT2D eigenvalue weighted by Gasteiger charge is 2.28. The number of methoxy groups -OCH3 is 1. The molecule has 0 radical (unpaired) electrons. The summed E-state index contributed by atoms with van der Waals surface area (Å²) in [4.78, 5) is 2.44. The van der Waals surface area contributed by atoms with Crippen LogP contribution in [0.4, 0.5) is 5.69 Å². The maximum atomic E-state index is 10.4. The van der Waals surface area contributed by atoms with Crippen molar-refractivity contribution >= 4 is 5.69 Å². The van der Waals surface area contributed by atoms with Crippen LogP contribution in [0.5, 0.6) is 11.5 Å². The number of nitrogens with zero attached hydrogens (tertiary/aromatic N) is 1. The van der Waals surface area contributed by atoms with Crippen LogP contribution in [0.1, 0.15) is 39.2 Å². The molecule has 136 valence electrons. The maximum Gasteiger partial charge on any atom is 0.184 e. The minimum atomic E-state index is -0.253. The zero-order chi connectivity index (χ0) is 17.7. The molecule has 1 aromatic carbocycles. The summed E-state index contributed by atoms with van der Waals surface area (Å²) in [5.41, 5.74) is 7.86. The fourth-order valence-corrected chi connectivity index (χ4v) is 3.43. The highest BCUT2D eigenvalue weighted by molar-refractivity contribution is 5.62. The van der Waals surface area contributed by atoms with Crippen molar-refractivity contribution in [3.63, 3.8) is 0 Å². The molecular weight excluding hydrogens is 304 g/mol. The smallest absolute Gasteiger partial charge is 0.184 e. The van der Waals surface area contributed by atoms with Gasteiger partial charge in [0.15, 0.2) is 11.5 Å². The number of nitrogen functional groups attached to an aromatic ring is 1. The third kappa shape index (κ3) is 4.77. The summed E-state index contributed by atoms with van der Waals surface area (Å²) in [6, 6.07) is 3.94. The third-order valence-corrected chi connectivity index (χ3v) is 4.53. The lowest BCUT2D eigenvalue weighted by molar-refractivity contribution is 0.0270. The van der Waals surface area contributed by atoms with Gasteiger partial charge in [-0.15, -0.1) is 0 Å². The molecule has 0 bridgehead atoms. The van der Waals surface area contributed by atoms with Gasteiger partial charge in [-0.1, -0.05) is 6.92 Å². The monoisotopic (exact) mass is 336 g/mol. The summed E-state index contributed by atoms with van der Waals surface area (Å²) in [7, 11) is 1.63. The number of rotatable bonds is 7. The number of nitrogens with two attached hydrogens (primary N) is 1. The fourth-order valence-electron chi connectivity index (χ4n) is 3.43. The van der Waals surface area contributed by atoms with E-state index in [-0.39, 0.29) is 18.1 Å². The van der Waals surface area contributed by atoms with Crippen molar-refractivity contribution in [1.82, 2.24) is 4.90 Å². The molecule has 1 fully saturated rings. The molecule has 1 heterocycles. The predicted octanol–water partition coefficient (Wildman–Crippen LogP) is 2.70. The Morgan fingerprint density at radius 3 is 2.75 bits per heavy atom. The van der Waals surface area contributed by atoms with Crippen molar-refractivity contribution < 1.29 is 14.6 Å². The number of anilines is 1. The maximum absolute atomic E-state index is 10.4. The van der Waals surface area contributed by atoms with Crippen molar-refractivity contribution in [1.29, 1.82) is 0 Å². The second-order valence-corrected chi connectivity index (χ2v) is 7.00. The first-order chi connectivity index (χ1) is 11.4. The number of hydrogen-bond donors (Lipinski definition) is 2. The number of likely N-dealkylation sites (tertiary alicyclic amines) is 1. The lowest BCUT2D eigenvalue weighted by atomic mass is 9.88. The summed E-state index contributed by atoms with van der Waals surface area (Å²) in [6.45, 7) is 9.13. The molecule has 0 spiro atoms. The SMILES string of the molecule is CCCN1CCC(O)C(Cc2cc(N)c(OC(C)C)c(OC)c2)C1. The number of ether oxygens (including phenoxy) is 2.